The van der Waals surface area contributed by atoms with E-state index in [1.807, 2.05) is 0 Å². The first-order valence-electron chi connectivity index (χ1n) is 5.51. The molecule has 0 bridgehead atoms. The van der Waals surface area contributed by atoms with Crippen LogP contribution in [-0.2, 0) is 12.5 Å². The van der Waals surface area contributed by atoms with Crippen LogP contribution in [-0.4, -0.2) is 0 Å². The summed E-state index contributed by atoms with van der Waals surface area (Å²) in [6.07, 6.45) is 0. The maximum absolute atomic E-state index is 13.4. The summed E-state index contributed by atoms with van der Waals surface area (Å²) in [5.41, 5.74) is 0.994. The van der Waals surface area contributed by atoms with Gasteiger partial charge in [-0.15, -0.1) is 11.6 Å². The van der Waals surface area contributed by atoms with Crippen LogP contribution in [0.25, 0.3) is 0 Å². The highest BCUT2D eigenvalue weighted by atomic mass is 35.5. The molecule has 2 rings (SSSR count). The lowest BCUT2D eigenvalue weighted by Gasteiger charge is -2.09. The molecule has 0 aliphatic rings. The molecule has 5 heteroatoms. The molecule has 0 spiro atoms. The Morgan fingerprint density at radius 1 is 1.05 bits per heavy atom. The van der Waals surface area contributed by atoms with E-state index in [2.05, 4.69) is 0 Å². The monoisotopic (exact) mass is 302 g/mol. The van der Waals surface area contributed by atoms with Crippen molar-refractivity contribution in [2.75, 3.05) is 0 Å². The molecular formula is C14H10Cl2F2O. The van der Waals surface area contributed by atoms with Crippen LogP contribution in [0.4, 0.5) is 8.78 Å². The average molecular weight is 303 g/mol. The molecule has 0 amide bonds. The topological polar surface area (TPSA) is 9.23 Å². The van der Waals surface area contributed by atoms with E-state index in [4.69, 9.17) is 27.9 Å². The lowest BCUT2D eigenvalue weighted by molar-refractivity contribution is 0.299. The van der Waals surface area contributed by atoms with Crippen molar-refractivity contribution in [3.8, 4) is 5.75 Å². The summed E-state index contributed by atoms with van der Waals surface area (Å²) in [5, 5.41) is 0.384. The molecule has 1 nitrogen and oxygen atoms in total. The Morgan fingerprint density at radius 3 is 2.53 bits per heavy atom. The van der Waals surface area contributed by atoms with E-state index in [1.165, 1.54) is 0 Å². The lowest BCUT2D eigenvalue weighted by atomic mass is 10.2. The van der Waals surface area contributed by atoms with Crippen molar-refractivity contribution in [3.05, 3.63) is 64.2 Å². The molecule has 0 fully saturated rings. The molecule has 19 heavy (non-hydrogen) atoms. The van der Waals surface area contributed by atoms with Crippen molar-refractivity contribution in [1.82, 2.24) is 0 Å². The highest BCUT2D eigenvalue weighted by Crippen LogP contribution is 2.27. The summed E-state index contributed by atoms with van der Waals surface area (Å²) >= 11 is 11.7. The second-order valence-corrected chi connectivity index (χ2v) is 4.60. The Hall–Kier alpha value is -1.32. The van der Waals surface area contributed by atoms with Crippen molar-refractivity contribution in [1.29, 1.82) is 0 Å². The molecule has 0 saturated carbocycles. The molecule has 0 aliphatic heterocycles. The molecule has 0 aromatic heterocycles. The number of halogens is 4. The maximum atomic E-state index is 13.4. The molecule has 0 N–H and O–H groups in total. The lowest BCUT2D eigenvalue weighted by Crippen LogP contribution is -2.00. The van der Waals surface area contributed by atoms with Crippen LogP contribution in [0.3, 0.4) is 0 Å². The van der Waals surface area contributed by atoms with Gasteiger partial charge in [-0.2, -0.15) is 0 Å². The second-order valence-electron chi connectivity index (χ2n) is 3.92. The van der Waals surface area contributed by atoms with Crippen LogP contribution in [0.1, 0.15) is 11.1 Å². The number of rotatable bonds is 4. The van der Waals surface area contributed by atoms with E-state index in [0.29, 0.717) is 16.7 Å². The predicted octanol–water partition coefficient (Wildman–Crippen LogP) is 4.94. The minimum absolute atomic E-state index is 0.0937. The molecule has 2 aromatic rings. The number of ether oxygens (including phenoxy) is 1. The molecule has 0 aliphatic carbocycles. The van der Waals surface area contributed by atoms with Gasteiger partial charge in [0.15, 0.2) is 0 Å². The number of hydrogen-bond donors (Lipinski definition) is 0. The van der Waals surface area contributed by atoms with Gasteiger partial charge in [-0.05, 0) is 35.9 Å². The summed E-state index contributed by atoms with van der Waals surface area (Å²) < 4.78 is 31.8. The fourth-order valence-corrected chi connectivity index (χ4v) is 1.98. The van der Waals surface area contributed by atoms with Gasteiger partial charge < -0.3 is 4.74 Å². The highest BCUT2D eigenvalue weighted by Gasteiger charge is 2.07. The number of alkyl halides is 1. The minimum Gasteiger partial charge on any atom is -0.487 e. The molecule has 0 saturated heterocycles. The largest absolute Gasteiger partial charge is 0.487 e. The van der Waals surface area contributed by atoms with Gasteiger partial charge in [0.1, 0.15) is 24.0 Å². The minimum atomic E-state index is -0.519. The van der Waals surface area contributed by atoms with Gasteiger partial charge >= 0.3 is 0 Å². The van der Waals surface area contributed by atoms with Crippen LogP contribution >= 0.6 is 23.2 Å². The van der Waals surface area contributed by atoms with Gasteiger partial charge in [-0.25, -0.2) is 8.78 Å². The van der Waals surface area contributed by atoms with E-state index < -0.39 is 11.6 Å². The highest BCUT2D eigenvalue weighted by molar-refractivity contribution is 6.32. The zero-order valence-corrected chi connectivity index (χ0v) is 11.3. The van der Waals surface area contributed by atoms with E-state index in [-0.39, 0.29) is 12.2 Å². The van der Waals surface area contributed by atoms with Crippen molar-refractivity contribution in [2.45, 2.75) is 12.5 Å². The Balaban J connectivity index is 2.12. The Bertz CT molecular complexity index is 588. The summed E-state index contributed by atoms with van der Waals surface area (Å²) in [5.74, 6) is -0.281. The first-order chi connectivity index (χ1) is 9.10. The third kappa shape index (κ3) is 3.58. The number of benzene rings is 2. The predicted molar refractivity (Wildman–Crippen MR) is 71.7 cm³/mol. The fraction of sp³-hybridized carbons (Fsp3) is 0.143. The van der Waals surface area contributed by atoms with Crippen LogP contribution in [0.2, 0.25) is 5.02 Å². The van der Waals surface area contributed by atoms with Gasteiger partial charge in [0.2, 0.25) is 0 Å². The fourth-order valence-electron chi connectivity index (χ4n) is 1.55. The smallest absolute Gasteiger partial charge is 0.138 e. The normalized spacial score (nSPS) is 10.5. The molecule has 0 atom stereocenters. The van der Waals surface area contributed by atoms with E-state index >= 15 is 0 Å². The quantitative estimate of drug-likeness (QED) is 0.727. The van der Waals surface area contributed by atoms with Crippen LogP contribution in [0.5, 0.6) is 5.75 Å². The summed E-state index contributed by atoms with van der Waals surface area (Å²) in [6.45, 7) is -0.0937. The average Bonchev–Trinajstić information content (AvgIpc) is 2.40. The number of hydrogen-bond acceptors (Lipinski definition) is 1. The molecule has 100 valence electrons. The summed E-state index contributed by atoms with van der Waals surface area (Å²) in [6, 6.07) is 8.29. The first-order valence-corrected chi connectivity index (χ1v) is 6.42. The van der Waals surface area contributed by atoms with Crippen molar-refractivity contribution in [3.63, 3.8) is 0 Å². The zero-order valence-electron chi connectivity index (χ0n) is 9.80. The van der Waals surface area contributed by atoms with Gasteiger partial charge in [-0.1, -0.05) is 17.7 Å². The van der Waals surface area contributed by atoms with Gasteiger partial charge in [0.25, 0.3) is 0 Å². The van der Waals surface area contributed by atoms with E-state index in [1.54, 1.807) is 18.2 Å². The Kier molecular flexibility index (Phi) is 4.61. The van der Waals surface area contributed by atoms with Gasteiger partial charge in [-0.3, -0.25) is 0 Å². The molecular weight excluding hydrogens is 293 g/mol. The Labute approximate surface area is 119 Å². The van der Waals surface area contributed by atoms with E-state index in [0.717, 1.165) is 23.8 Å². The van der Waals surface area contributed by atoms with Crippen LogP contribution in [0, 0.1) is 11.6 Å². The molecule has 0 unspecified atom stereocenters. The second kappa shape index (κ2) is 6.22. The van der Waals surface area contributed by atoms with Crippen molar-refractivity contribution >= 4 is 23.2 Å². The van der Waals surface area contributed by atoms with Gasteiger partial charge in [0.05, 0.1) is 5.02 Å². The molecule has 0 heterocycles. The molecule has 2 aromatic carbocycles. The van der Waals surface area contributed by atoms with Crippen LogP contribution < -0.4 is 4.74 Å². The summed E-state index contributed by atoms with van der Waals surface area (Å²) in [4.78, 5) is 0. The molecule has 0 radical (unpaired) electrons. The first kappa shape index (κ1) is 14.1. The van der Waals surface area contributed by atoms with Crippen LogP contribution in [0.15, 0.2) is 36.4 Å². The van der Waals surface area contributed by atoms with Crippen molar-refractivity contribution < 1.29 is 13.5 Å². The Morgan fingerprint density at radius 2 is 1.84 bits per heavy atom. The SMILES string of the molecule is Fc1ccc(F)c(COc2ccc(CCl)cc2Cl)c1. The van der Waals surface area contributed by atoms with E-state index in [9.17, 15) is 8.78 Å². The van der Waals surface area contributed by atoms with Gasteiger partial charge in [0, 0.05) is 11.4 Å². The third-order valence-electron chi connectivity index (χ3n) is 2.54. The zero-order chi connectivity index (χ0) is 13.8. The summed E-state index contributed by atoms with van der Waals surface area (Å²) in [7, 11) is 0. The maximum Gasteiger partial charge on any atom is 0.138 e. The third-order valence-corrected chi connectivity index (χ3v) is 3.15. The van der Waals surface area contributed by atoms with Crippen molar-refractivity contribution in [2.24, 2.45) is 0 Å². The standard InChI is InChI=1S/C14H10Cl2F2O/c15-7-9-1-4-14(12(16)5-9)19-8-10-6-11(17)2-3-13(10)18/h1-6H,7-8H2.